The van der Waals surface area contributed by atoms with Gasteiger partial charge in [-0.05, 0) is 75.6 Å². The first-order valence-electron chi connectivity index (χ1n) is 19.7. The molecule has 2 aromatic carbocycles. The van der Waals surface area contributed by atoms with E-state index in [0.29, 0.717) is 54.1 Å². The highest BCUT2D eigenvalue weighted by Crippen LogP contribution is 2.27. The Bertz CT molecular complexity index is 1910. The Hall–Kier alpha value is -5.66. The van der Waals surface area contributed by atoms with E-state index in [1.807, 2.05) is 48.5 Å². The molecule has 1 fully saturated rings. The Labute approximate surface area is 334 Å². The first-order chi connectivity index (χ1) is 27.9. The second-order valence-electron chi connectivity index (χ2n) is 13.8. The van der Waals surface area contributed by atoms with Gasteiger partial charge in [-0.2, -0.15) is 0 Å². The fraction of sp³-hybridized carbons (Fsp3) is 0.409. The minimum Gasteiger partial charge on any atom is -0.493 e. The molecule has 3 amide bonds. The van der Waals surface area contributed by atoms with Gasteiger partial charge in [-0.3, -0.25) is 29.2 Å². The summed E-state index contributed by atoms with van der Waals surface area (Å²) in [6.07, 6.45) is 13.2. The van der Waals surface area contributed by atoms with Gasteiger partial charge in [-0.15, -0.1) is 0 Å². The zero-order valence-electron chi connectivity index (χ0n) is 32.8. The Morgan fingerprint density at radius 1 is 0.684 bits per heavy atom. The molecule has 0 spiro atoms. The van der Waals surface area contributed by atoms with E-state index in [1.165, 1.54) is 27.0 Å². The molecule has 3 aliphatic heterocycles. The summed E-state index contributed by atoms with van der Waals surface area (Å²) in [5, 5.41) is 6.85. The maximum atomic E-state index is 13.0. The van der Waals surface area contributed by atoms with Gasteiger partial charge in [0, 0.05) is 67.0 Å². The highest BCUT2D eigenvalue weighted by molar-refractivity contribution is 6.03. The molecule has 0 radical (unpaired) electrons. The van der Waals surface area contributed by atoms with Crippen LogP contribution in [-0.4, -0.2) is 91.7 Å². The normalized spacial score (nSPS) is 18.5. The van der Waals surface area contributed by atoms with Crippen LogP contribution >= 0.6 is 0 Å². The average molecular weight is 780 g/mol. The van der Waals surface area contributed by atoms with Crippen molar-refractivity contribution in [2.75, 3.05) is 40.6 Å². The minimum atomic E-state index is -0.659. The molecule has 2 atom stereocenters. The van der Waals surface area contributed by atoms with Crippen LogP contribution in [0.1, 0.15) is 84.9 Å². The Morgan fingerprint density at radius 2 is 1.18 bits per heavy atom. The number of fused-ring (bicyclic) bond motifs is 8. The molecule has 2 N–H and O–H groups in total. The van der Waals surface area contributed by atoms with Crippen molar-refractivity contribution in [3.05, 3.63) is 96.3 Å². The summed E-state index contributed by atoms with van der Waals surface area (Å²) in [6, 6.07) is 20.7. The van der Waals surface area contributed by atoms with E-state index in [9.17, 15) is 19.2 Å². The fourth-order valence-electron chi connectivity index (χ4n) is 6.49. The molecular weight excluding hydrogens is 727 g/mol. The lowest BCUT2D eigenvalue weighted by atomic mass is 10.0. The summed E-state index contributed by atoms with van der Waals surface area (Å²) in [5.41, 5.74) is 3.71. The summed E-state index contributed by atoms with van der Waals surface area (Å²) < 4.78 is 16.5. The number of hydroxylamine groups is 2. The lowest BCUT2D eigenvalue weighted by molar-refractivity contribution is -0.171. The van der Waals surface area contributed by atoms with Crippen molar-refractivity contribution in [1.82, 2.24) is 25.7 Å². The molecule has 0 aliphatic carbocycles. The largest absolute Gasteiger partial charge is 0.493 e. The highest BCUT2D eigenvalue weighted by Gasteiger charge is 2.26. The summed E-state index contributed by atoms with van der Waals surface area (Å²) in [6.45, 7) is 3.22. The molecule has 5 heterocycles. The van der Waals surface area contributed by atoms with Crippen LogP contribution in [0.2, 0.25) is 0 Å². The summed E-state index contributed by atoms with van der Waals surface area (Å²) >= 11 is 0. The van der Waals surface area contributed by atoms with Crippen LogP contribution < -0.4 is 20.1 Å². The molecule has 4 bridgehead atoms. The van der Waals surface area contributed by atoms with E-state index < -0.39 is 12.1 Å². The van der Waals surface area contributed by atoms with Crippen molar-refractivity contribution in [2.24, 2.45) is 0 Å². The number of carbonyl (C=O) groups is 4. The van der Waals surface area contributed by atoms with Gasteiger partial charge in [0.2, 0.25) is 0 Å². The van der Waals surface area contributed by atoms with Gasteiger partial charge >= 0.3 is 0 Å². The predicted octanol–water partition coefficient (Wildman–Crippen LogP) is 6.62. The van der Waals surface area contributed by atoms with Gasteiger partial charge < -0.3 is 29.6 Å². The molecule has 0 saturated carbocycles. The molecule has 13 heteroatoms. The number of amides is 3. The van der Waals surface area contributed by atoms with Gasteiger partial charge in [-0.1, -0.05) is 49.2 Å². The second-order valence-corrected chi connectivity index (χ2v) is 13.8. The van der Waals surface area contributed by atoms with Crippen LogP contribution in [0, 0.1) is 0 Å². The number of pyridine rings is 2. The van der Waals surface area contributed by atoms with E-state index in [0.717, 1.165) is 80.2 Å². The van der Waals surface area contributed by atoms with Crippen molar-refractivity contribution < 1.29 is 38.2 Å². The lowest BCUT2D eigenvalue weighted by Crippen LogP contribution is -2.47. The molecule has 0 unspecified atom stereocenters. The number of hydrogen-bond donors (Lipinski definition) is 2. The second kappa shape index (κ2) is 22.8. The van der Waals surface area contributed by atoms with Crippen LogP contribution in [0.4, 0.5) is 0 Å². The lowest BCUT2D eigenvalue weighted by Gasteiger charge is -2.23. The van der Waals surface area contributed by atoms with Crippen LogP contribution in [0.25, 0.3) is 22.5 Å². The number of ether oxygens (including phenoxy) is 3. The molecule has 2 aromatic heterocycles. The molecule has 302 valence electrons. The first-order valence-corrected chi connectivity index (χ1v) is 19.7. The minimum absolute atomic E-state index is 0.257. The maximum Gasteiger partial charge on any atom is 0.268 e. The van der Waals surface area contributed by atoms with E-state index in [1.54, 1.807) is 36.7 Å². The molecular formula is C44H53N5O8. The Kier molecular flexibility index (Phi) is 17.0. The van der Waals surface area contributed by atoms with Gasteiger partial charge in [0.25, 0.3) is 17.7 Å². The fourth-order valence-corrected chi connectivity index (χ4v) is 6.49. The third-order valence-corrected chi connectivity index (χ3v) is 9.69. The van der Waals surface area contributed by atoms with Crippen molar-refractivity contribution >= 4 is 24.0 Å². The molecule has 13 nitrogen and oxygen atoms in total. The number of benzene rings is 2. The Balaban J connectivity index is 0.000000195. The van der Waals surface area contributed by atoms with Crippen LogP contribution in [0.15, 0.2) is 85.2 Å². The first kappa shape index (κ1) is 42.5. The number of likely N-dealkylation sites (N-methyl/N-ethyl adjacent to an activating group) is 1. The van der Waals surface area contributed by atoms with Crippen LogP contribution in [0.5, 0.6) is 11.5 Å². The summed E-state index contributed by atoms with van der Waals surface area (Å²) in [4.78, 5) is 63.3. The topological polar surface area (TPSA) is 158 Å². The zero-order valence-corrected chi connectivity index (χ0v) is 32.8. The molecule has 3 aliphatic rings. The van der Waals surface area contributed by atoms with Gasteiger partial charge in [-0.25, -0.2) is 5.06 Å². The number of nitrogens with zero attached hydrogens (tertiary/aromatic N) is 3. The van der Waals surface area contributed by atoms with Crippen LogP contribution in [0.3, 0.4) is 0 Å². The number of hydrogen-bond acceptors (Lipinski definition) is 10. The predicted molar refractivity (Wildman–Crippen MR) is 216 cm³/mol. The van der Waals surface area contributed by atoms with E-state index >= 15 is 0 Å². The summed E-state index contributed by atoms with van der Waals surface area (Å²) in [5.74, 6) is 0.624. The smallest absolute Gasteiger partial charge is 0.268 e. The standard InChI is InChI=1S/C21H25N3O4.C19H20N2O3.C4H8O/c1-24(27-2)21(26)18-10-4-3-7-13-28-15-11-12-22-19(14-15)16-8-5-6-9-17(16)20(25)23-18;22-13-14-6-2-1-5-11-24-15-9-10-20-18(12-15)16-7-3-4-8-17(16)19(23)21-14;1-2-4-5-3-1/h5-6,8-9,11-12,14,18H,3-4,7,10,13H2,1-2H3,(H,23,25);3-4,7-10,12-14H,1-2,5-6,11H2,(H,21,23);1-4H2/t18-;14-;/m00./s1. The Morgan fingerprint density at radius 3 is 1.67 bits per heavy atom. The quantitative estimate of drug-likeness (QED) is 0.171. The number of aromatic nitrogens is 2. The van der Waals surface area contributed by atoms with Crippen molar-refractivity contribution in [1.29, 1.82) is 0 Å². The highest BCUT2D eigenvalue weighted by atomic mass is 16.7. The van der Waals surface area contributed by atoms with Crippen LogP contribution in [-0.2, 0) is 19.2 Å². The molecule has 7 rings (SSSR count). The molecule has 4 aromatic rings. The zero-order chi connectivity index (χ0) is 40.2. The van der Waals surface area contributed by atoms with E-state index in [2.05, 4.69) is 20.6 Å². The van der Waals surface area contributed by atoms with E-state index in [-0.39, 0.29) is 17.7 Å². The van der Waals surface area contributed by atoms with Gasteiger partial charge in [0.1, 0.15) is 23.8 Å². The number of nitrogens with one attached hydrogen (secondary N) is 2. The van der Waals surface area contributed by atoms with Crippen molar-refractivity contribution in [3.8, 4) is 34.0 Å². The van der Waals surface area contributed by atoms with Gasteiger partial charge in [0.15, 0.2) is 0 Å². The van der Waals surface area contributed by atoms with E-state index in [4.69, 9.17) is 19.0 Å². The monoisotopic (exact) mass is 779 g/mol. The van der Waals surface area contributed by atoms with Gasteiger partial charge in [0.05, 0.1) is 37.8 Å². The third-order valence-electron chi connectivity index (χ3n) is 9.69. The third kappa shape index (κ3) is 12.9. The number of aldehydes is 1. The molecule has 57 heavy (non-hydrogen) atoms. The van der Waals surface area contributed by atoms with Crippen molar-refractivity contribution in [3.63, 3.8) is 0 Å². The molecule has 1 saturated heterocycles. The average Bonchev–Trinajstić information content (AvgIpc) is 3.85. The maximum absolute atomic E-state index is 13.0. The summed E-state index contributed by atoms with van der Waals surface area (Å²) in [7, 11) is 2.96. The SMILES string of the molecule is C1CCOC1.CON(C)C(=O)[C@@H]1CCCCCOc2ccnc(c2)-c2ccccc2C(=O)N1.O=C[C@@H]1CCCCCOc2ccnc(c2)-c2ccccc2C(=O)N1. The number of carbonyl (C=O) groups excluding carboxylic acids is 4. The number of rotatable bonds is 3. The van der Waals surface area contributed by atoms with Crippen molar-refractivity contribution in [2.45, 2.75) is 76.3 Å².